The molecule has 0 aliphatic carbocycles. The van der Waals surface area contributed by atoms with Crippen LogP contribution in [-0.4, -0.2) is 39.2 Å². The SMILES string of the molecule is COc1ccc(CN(Cc2ccccn2)C(=S)NC2CC(C)(C)NC(C)(C)C2)cc1. The Morgan fingerprint density at radius 3 is 2.33 bits per heavy atom. The topological polar surface area (TPSA) is 49.4 Å². The molecule has 0 radical (unpaired) electrons. The van der Waals surface area contributed by atoms with E-state index in [0.717, 1.165) is 29.4 Å². The predicted octanol–water partition coefficient (Wildman–Crippen LogP) is 4.28. The fraction of sp³-hybridized carbons (Fsp3) is 0.500. The van der Waals surface area contributed by atoms with E-state index in [1.807, 2.05) is 36.5 Å². The minimum absolute atomic E-state index is 0.0663. The summed E-state index contributed by atoms with van der Waals surface area (Å²) in [5, 5.41) is 8.17. The molecule has 0 unspecified atom stereocenters. The number of nitrogens with one attached hydrogen (secondary N) is 2. The van der Waals surface area contributed by atoms with Gasteiger partial charge in [0.05, 0.1) is 19.3 Å². The average Bonchev–Trinajstić information content (AvgIpc) is 2.66. The third kappa shape index (κ3) is 6.41. The van der Waals surface area contributed by atoms with E-state index in [1.54, 1.807) is 7.11 Å². The van der Waals surface area contributed by atoms with Crippen LogP contribution in [0, 0.1) is 0 Å². The second kappa shape index (κ2) is 9.31. The molecular formula is C24H34N4OS. The maximum absolute atomic E-state index is 5.90. The number of piperidine rings is 1. The lowest BCUT2D eigenvalue weighted by Crippen LogP contribution is -2.62. The van der Waals surface area contributed by atoms with Crippen LogP contribution >= 0.6 is 12.2 Å². The van der Waals surface area contributed by atoms with Gasteiger partial charge in [-0.2, -0.15) is 0 Å². The lowest BCUT2D eigenvalue weighted by Gasteiger charge is -2.47. The van der Waals surface area contributed by atoms with Crippen molar-refractivity contribution >= 4 is 17.3 Å². The molecule has 3 rings (SSSR count). The Balaban J connectivity index is 1.75. The summed E-state index contributed by atoms with van der Waals surface area (Å²) in [6.45, 7) is 10.4. The van der Waals surface area contributed by atoms with Crippen molar-refractivity contribution in [1.82, 2.24) is 20.5 Å². The first kappa shape index (κ1) is 22.5. The molecule has 2 N–H and O–H groups in total. The van der Waals surface area contributed by atoms with Gasteiger partial charge in [0.1, 0.15) is 5.75 Å². The molecule has 1 aliphatic rings. The number of aromatic nitrogens is 1. The second-order valence-electron chi connectivity index (χ2n) is 9.47. The summed E-state index contributed by atoms with van der Waals surface area (Å²) < 4.78 is 5.29. The molecule has 2 aromatic rings. The van der Waals surface area contributed by atoms with Gasteiger partial charge in [-0.3, -0.25) is 4.98 Å². The molecule has 6 heteroatoms. The Hall–Kier alpha value is -2.18. The number of rotatable bonds is 6. The summed E-state index contributed by atoms with van der Waals surface area (Å²) in [4.78, 5) is 6.70. The van der Waals surface area contributed by atoms with Crippen molar-refractivity contribution in [1.29, 1.82) is 0 Å². The Kier molecular flexibility index (Phi) is 6.98. The summed E-state index contributed by atoms with van der Waals surface area (Å²) in [7, 11) is 1.68. The molecule has 5 nitrogen and oxygen atoms in total. The molecule has 1 aromatic carbocycles. The number of nitrogens with zero attached hydrogens (tertiary/aromatic N) is 2. The highest BCUT2D eigenvalue weighted by Gasteiger charge is 2.38. The summed E-state index contributed by atoms with van der Waals surface area (Å²) in [6, 6.07) is 14.5. The molecule has 0 saturated carbocycles. The van der Waals surface area contributed by atoms with Crippen molar-refractivity contribution in [2.75, 3.05) is 7.11 Å². The summed E-state index contributed by atoms with van der Waals surface area (Å²) in [5.74, 6) is 0.856. The molecule has 1 aliphatic heterocycles. The van der Waals surface area contributed by atoms with Crippen LogP contribution in [-0.2, 0) is 13.1 Å². The van der Waals surface area contributed by atoms with Crippen molar-refractivity contribution in [3.8, 4) is 5.75 Å². The van der Waals surface area contributed by atoms with Crippen molar-refractivity contribution in [2.45, 2.75) is 70.7 Å². The van der Waals surface area contributed by atoms with Gasteiger partial charge >= 0.3 is 0 Å². The highest BCUT2D eigenvalue weighted by molar-refractivity contribution is 7.80. The zero-order valence-corrected chi connectivity index (χ0v) is 19.6. The van der Waals surface area contributed by atoms with Crippen LogP contribution in [0.2, 0.25) is 0 Å². The van der Waals surface area contributed by atoms with Gasteiger partial charge in [-0.25, -0.2) is 0 Å². The normalized spacial score (nSPS) is 17.9. The highest BCUT2D eigenvalue weighted by atomic mass is 32.1. The van der Waals surface area contributed by atoms with Crippen molar-refractivity contribution in [2.24, 2.45) is 0 Å². The average molecular weight is 427 g/mol. The second-order valence-corrected chi connectivity index (χ2v) is 9.86. The molecule has 2 heterocycles. The van der Waals surface area contributed by atoms with Gasteiger partial charge in [-0.05, 0) is 82.6 Å². The molecule has 162 valence electrons. The maximum Gasteiger partial charge on any atom is 0.169 e. The number of hydrogen-bond donors (Lipinski definition) is 2. The highest BCUT2D eigenvalue weighted by Crippen LogP contribution is 2.28. The van der Waals surface area contributed by atoms with Gasteiger partial charge in [0.2, 0.25) is 0 Å². The van der Waals surface area contributed by atoms with Crippen molar-refractivity contribution in [3.05, 3.63) is 59.9 Å². The van der Waals surface area contributed by atoms with Gasteiger partial charge in [0.25, 0.3) is 0 Å². The smallest absolute Gasteiger partial charge is 0.169 e. The Bertz CT molecular complexity index is 820. The van der Waals surface area contributed by atoms with E-state index in [0.29, 0.717) is 19.1 Å². The summed E-state index contributed by atoms with van der Waals surface area (Å²) in [5.41, 5.74) is 2.32. The zero-order chi connectivity index (χ0) is 21.8. The molecule has 0 atom stereocenters. The van der Waals surface area contributed by atoms with Crippen molar-refractivity contribution in [3.63, 3.8) is 0 Å². The van der Waals surface area contributed by atoms with E-state index in [4.69, 9.17) is 17.0 Å². The molecule has 0 amide bonds. The van der Waals surface area contributed by atoms with Crippen LogP contribution in [0.4, 0.5) is 0 Å². The minimum atomic E-state index is 0.0663. The fourth-order valence-corrected chi connectivity index (χ4v) is 4.82. The number of methoxy groups -OCH3 is 1. The molecule has 30 heavy (non-hydrogen) atoms. The number of benzene rings is 1. The number of ether oxygens (including phenoxy) is 1. The number of pyridine rings is 1. The Morgan fingerprint density at radius 2 is 1.77 bits per heavy atom. The van der Waals surface area contributed by atoms with E-state index in [1.165, 1.54) is 5.56 Å². The van der Waals surface area contributed by atoms with Gasteiger partial charge in [-0.15, -0.1) is 0 Å². The van der Waals surface area contributed by atoms with Crippen molar-refractivity contribution < 1.29 is 4.74 Å². The molecule has 1 fully saturated rings. The molecule has 0 spiro atoms. The van der Waals surface area contributed by atoms with E-state index in [2.05, 4.69) is 60.3 Å². The van der Waals surface area contributed by atoms with E-state index < -0.39 is 0 Å². The van der Waals surface area contributed by atoms with Gasteiger partial charge in [-0.1, -0.05) is 18.2 Å². The molecular weight excluding hydrogens is 392 g/mol. The summed E-state index contributed by atoms with van der Waals surface area (Å²) >= 11 is 5.90. The predicted molar refractivity (Wildman–Crippen MR) is 127 cm³/mol. The Labute approximate surface area is 186 Å². The minimum Gasteiger partial charge on any atom is -0.497 e. The van der Waals surface area contributed by atoms with Gasteiger partial charge in [0.15, 0.2) is 5.11 Å². The van der Waals surface area contributed by atoms with Gasteiger partial charge < -0.3 is 20.3 Å². The lowest BCUT2D eigenvalue weighted by atomic mass is 9.80. The quantitative estimate of drug-likeness (QED) is 0.673. The first-order chi connectivity index (χ1) is 14.2. The van der Waals surface area contributed by atoms with Crippen LogP contribution in [0.5, 0.6) is 5.75 Å². The largest absolute Gasteiger partial charge is 0.497 e. The van der Waals surface area contributed by atoms with Crippen LogP contribution in [0.25, 0.3) is 0 Å². The van der Waals surface area contributed by atoms with Crippen LogP contribution in [0.15, 0.2) is 48.7 Å². The Morgan fingerprint density at radius 1 is 1.10 bits per heavy atom. The first-order valence-electron chi connectivity index (χ1n) is 10.5. The fourth-order valence-electron chi connectivity index (χ4n) is 4.53. The van der Waals surface area contributed by atoms with E-state index in [9.17, 15) is 0 Å². The molecule has 1 saturated heterocycles. The summed E-state index contributed by atoms with van der Waals surface area (Å²) in [6.07, 6.45) is 3.88. The molecule has 0 bridgehead atoms. The third-order valence-electron chi connectivity index (χ3n) is 5.42. The maximum atomic E-state index is 5.90. The number of thiocarbonyl (C=S) groups is 1. The van der Waals surface area contributed by atoms with Crippen LogP contribution < -0.4 is 15.4 Å². The van der Waals surface area contributed by atoms with E-state index >= 15 is 0 Å². The van der Waals surface area contributed by atoms with E-state index in [-0.39, 0.29) is 11.1 Å². The van der Waals surface area contributed by atoms with Gasteiger partial charge in [0, 0.05) is 29.9 Å². The third-order valence-corrected chi connectivity index (χ3v) is 5.79. The first-order valence-corrected chi connectivity index (χ1v) is 10.9. The standard InChI is InChI=1S/C24H34N4OS/c1-23(2)14-20(15-24(3,4)27-23)26-22(30)28(17-19-8-6-7-13-25-19)16-18-9-11-21(29-5)12-10-18/h6-13,20,27H,14-17H2,1-5H3,(H,26,30). The molecule has 1 aromatic heterocycles. The number of hydrogen-bond acceptors (Lipinski definition) is 4. The van der Waals surface area contributed by atoms with Crippen LogP contribution in [0.1, 0.15) is 51.8 Å². The lowest BCUT2D eigenvalue weighted by molar-refractivity contribution is 0.153. The monoisotopic (exact) mass is 426 g/mol. The zero-order valence-electron chi connectivity index (χ0n) is 18.7. The van der Waals surface area contributed by atoms with Crippen LogP contribution in [0.3, 0.4) is 0 Å².